The van der Waals surface area contributed by atoms with Gasteiger partial charge in [-0.2, -0.15) is 0 Å². The first-order valence-electron chi connectivity index (χ1n) is 11.7. The van der Waals surface area contributed by atoms with Gasteiger partial charge < -0.3 is 19.4 Å². The topological polar surface area (TPSA) is 96.7 Å². The highest BCUT2D eigenvalue weighted by Crippen LogP contribution is 2.44. The number of aromatic nitrogens is 1. The third-order valence-corrected chi connectivity index (χ3v) is 7.62. The molecule has 0 saturated carbocycles. The van der Waals surface area contributed by atoms with E-state index in [-0.39, 0.29) is 6.04 Å². The molecule has 1 aliphatic rings. The van der Waals surface area contributed by atoms with Gasteiger partial charge in [-0.25, -0.2) is 8.42 Å². The number of sulfonamides is 1. The summed E-state index contributed by atoms with van der Waals surface area (Å²) in [6.07, 6.45) is 2.81. The molecular formula is C27H25ClN4O4S2. The Morgan fingerprint density at radius 3 is 2.66 bits per heavy atom. The molecule has 1 aliphatic heterocycles. The summed E-state index contributed by atoms with van der Waals surface area (Å²) in [5.74, 6) is 1.70. The number of rotatable bonds is 7. The highest BCUT2D eigenvalue weighted by molar-refractivity contribution is 7.92. The number of anilines is 2. The summed E-state index contributed by atoms with van der Waals surface area (Å²) in [6.45, 7) is 1.95. The molecule has 3 heterocycles. The number of pyridine rings is 1. The molecule has 1 saturated heterocycles. The lowest BCUT2D eigenvalue weighted by Gasteiger charge is -2.27. The molecule has 0 bridgehead atoms. The summed E-state index contributed by atoms with van der Waals surface area (Å²) in [7, 11) is -2.08. The van der Waals surface area contributed by atoms with E-state index in [4.69, 9.17) is 33.0 Å². The van der Waals surface area contributed by atoms with Gasteiger partial charge in [0, 0.05) is 22.5 Å². The Morgan fingerprint density at radius 2 is 1.95 bits per heavy atom. The molecule has 2 aromatic carbocycles. The van der Waals surface area contributed by atoms with Crippen molar-refractivity contribution in [1.29, 1.82) is 0 Å². The Morgan fingerprint density at radius 1 is 1.13 bits per heavy atom. The number of hydrogen-bond donors (Lipinski definition) is 2. The van der Waals surface area contributed by atoms with Crippen LogP contribution in [0.25, 0.3) is 11.3 Å². The zero-order valence-corrected chi connectivity index (χ0v) is 23.2. The van der Waals surface area contributed by atoms with Gasteiger partial charge in [0.2, 0.25) is 10.0 Å². The minimum absolute atomic E-state index is 0.296. The Labute approximate surface area is 231 Å². The molecule has 2 atom stereocenters. The van der Waals surface area contributed by atoms with Crippen LogP contribution >= 0.6 is 23.8 Å². The number of thiocarbonyl (C=S) groups is 1. The van der Waals surface area contributed by atoms with Gasteiger partial charge in [-0.05, 0) is 73.2 Å². The molecule has 2 aromatic heterocycles. The van der Waals surface area contributed by atoms with Crippen LogP contribution in [0.2, 0.25) is 5.02 Å². The van der Waals surface area contributed by atoms with Crippen molar-refractivity contribution in [3.8, 4) is 17.1 Å². The molecule has 4 aromatic rings. The van der Waals surface area contributed by atoms with Crippen molar-refractivity contribution < 1.29 is 17.6 Å². The van der Waals surface area contributed by atoms with E-state index >= 15 is 0 Å². The molecule has 196 valence electrons. The van der Waals surface area contributed by atoms with Gasteiger partial charge in [-0.15, -0.1) is 0 Å². The average molecular weight is 569 g/mol. The third kappa shape index (κ3) is 5.07. The van der Waals surface area contributed by atoms with Crippen LogP contribution in [0, 0.1) is 6.92 Å². The first-order valence-corrected chi connectivity index (χ1v) is 14.4. The summed E-state index contributed by atoms with van der Waals surface area (Å²) in [5, 5.41) is 4.47. The maximum Gasteiger partial charge on any atom is 0.229 e. The van der Waals surface area contributed by atoms with Crippen LogP contribution in [0.3, 0.4) is 0 Å². The SMILES string of the molecule is COc1ccc(N2C(=S)N[C@@H](c3ccccn3)[C@@H]2c2ccc(-c3cccc(Cl)c3C)o2)cc1NS(C)(=O)=O. The van der Waals surface area contributed by atoms with Crippen LogP contribution in [0.1, 0.15) is 29.1 Å². The lowest BCUT2D eigenvalue weighted by molar-refractivity contribution is 0.416. The van der Waals surface area contributed by atoms with Crippen LogP contribution in [-0.4, -0.2) is 31.9 Å². The van der Waals surface area contributed by atoms with Gasteiger partial charge >= 0.3 is 0 Å². The number of hydrogen-bond acceptors (Lipinski definition) is 6. The van der Waals surface area contributed by atoms with Crippen molar-refractivity contribution in [2.24, 2.45) is 0 Å². The molecule has 0 amide bonds. The summed E-state index contributed by atoms with van der Waals surface area (Å²) in [5.41, 5.74) is 3.53. The van der Waals surface area contributed by atoms with Crippen molar-refractivity contribution in [2.75, 3.05) is 23.0 Å². The fourth-order valence-electron chi connectivity index (χ4n) is 4.58. The van der Waals surface area contributed by atoms with Gasteiger partial charge in [0.15, 0.2) is 5.11 Å². The van der Waals surface area contributed by atoms with Crippen LogP contribution < -0.4 is 19.7 Å². The lowest BCUT2D eigenvalue weighted by atomic mass is 10.0. The molecule has 11 heteroatoms. The van der Waals surface area contributed by atoms with E-state index in [0.29, 0.717) is 38.8 Å². The minimum Gasteiger partial charge on any atom is -0.495 e. The predicted octanol–water partition coefficient (Wildman–Crippen LogP) is 5.86. The molecule has 0 aliphatic carbocycles. The van der Waals surface area contributed by atoms with Gasteiger partial charge in [0.1, 0.15) is 23.3 Å². The third-order valence-electron chi connectivity index (χ3n) is 6.31. The van der Waals surface area contributed by atoms with Crippen LogP contribution in [0.5, 0.6) is 5.75 Å². The Balaban J connectivity index is 1.63. The maximum atomic E-state index is 12.0. The fourth-order valence-corrected chi connectivity index (χ4v) is 5.66. The zero-order chi connectivity index (χ0) is 27.0. The van der Waals surface area contributed by atoms with Crippen LogP contribution in [0.4, 0.5) is 11.4 Å². The number of nitrogens with one attached hydrogen (secondary N) is 2. The van der Waals surface area contributed by atoms with E-state index in [1.807, 2.05) is 66.4 Å². The number of ether oxygens (including phenoxy) is 1. The van der Waals surface area contributed by atoms with Crippen molar-refractivity contribution in [1.82, 2.24) is 10.3 Å². The molecule has 38 heavy (non-hydrogen) atoms. The lowest BCUT2D eigenvalue weighted by Crippen LogP contribution is -2.29. The highest BCUT2D eigenvalue weighted by atomic mass is 35.5. The number of benzene rings is 2. The van der Waals surface area contributed by atoms with Crippen molar-refractivity contribution in [3.05, 3.63) is 95.0 Å². The van der Waals surface area contributed by atoms with E-state index in [2.05, 4.69) is 15.0 Å². The second-order valence-electron chi connectivity index (χ2n) is 8.87. The minimum atomic E-state index is -3.55. The Kier molecular flexibility index (Phi) is 7.04. The molecular weight excluding hydrogens is 544 g/mol. The average Bonchev–Trinajstić information content (AvgIpc) is 3.50. The molecule has 1 fully saturated rings. The quantitative estimate of drug-likeness (QED) is 0.268. The summed E-state index contributed by atoms with van der Waals surface area (Å²) in [6, 6.07) is 19.6. The van der Waals surface area contributed by atoms with E-state index in [1.54, 1.807) is 18.3 Å². The standard InChI is InChI=1S/C27H25ClN4O4S2/c1-16-18(7-6-8-19(16)28)22-12-13-24(36-22)26-25(20-9-4-5-14-29-20)30-27(37)32(26)17-10-11-23(35-2)21(15-17)31-38(3,33)34/h4-15,25-26,31H,1-3H3,(H,30,37)/t25-,26-/m0/s1. The second kappa shape index (κ2) is 10.3. The van der Waals surface area contributed by atoms with Crippen LogP contribution in [0.15, 0.2) is 77.3 Å². The van der Waals surface area contributed by atoms with Crippen LogP contribution in [-0.2, 0) is 10.0 Å². The summed E-state index contributed by atoms with van der Waals surface area (Å²) >= 11 is 12.2. The molecule has 0 unspecified atom stereocenters. The first kappa shape index (κ1) is 26.0. The molecule has 0 spiro atoms. The zero-order valence-electron chi connectivity index (χ0n) is 20.8. The largest absolute Gasteiger partial charge is 0.495 e. The molecule has 2 N–H and O–H groups in total. The van der Waals surface area contributed by atoms with E-state index in [1.165, 1.54) is 7.11 Å². The van der Waals surface area contributed by atoms with E-state index < -0.39 is 16.1 Å². The Hall–Kier alpha value is -3.60. The fraction of sp³-hybridized carbons (Fsp3) is 0.185. The molecule has 8 nitrogen and oxygen atoms in total. The second-order valence-corrected chi connectivity index (χ2v) is 11.4. The first-order chi connectivity index (χ1) is 18.2. The predicted molar refractivity (Wildman–Crippen MR) is 153 cm³/mol. The van der Waals surface area contributed by atoms with Crippen molar-refractivity contribution >= 4 is 50.3 Å². The smallest absolute Gasteiger partial charge is 0.229 e. The van der Waals surface area contributed by atoms with Crippen molar-refractivity contribution in [3.63, 3.8) is 0 Å². The number of halogens is 1. The van der Waals surface area contributed by atoms with Gasteiger partial charge in [0.05, 0.1) is 30.8 Å². The number of nitrogens with zero attached hydrogens (tertiary/aromatic N) is 2. The Bertz CT molecular complexity index is 1610. The molecule has 5 rings (SSSR count). The summed E-state index contributed by atoms with van der Waals surface area (Å²) < 4.78 is 38.4. The van der Waals surface area contributed by atoms with E-state index in [0.717, 1.165) is 23.1 Å². The van der Waals surface area contributed by atoms with Gasteiger partial charge in [-0.3, -0.25) is 9.71 Å². The highest BCUT2D eigenvalue weighted by Gasteiger charge is 2.43. The molecule has 0 radical (unpaired) electrons. The van der Waals surface area contributed by atoms with Gasteiger partial charge in [0.25, 0.3) is 0 Å². The normalized spacial score (nSPS) is 17.4. The van der Waals surface area contributed by atoms with Crippen molar-refractivity contribution in [2.45, 2.75) is 19.0 Å². The monoisotopic (exact) mass is 568 g/mol. The number of methoxy groups -OCH3 is 1. The van der Waals surface area contributed by atoms with Gasteiger partial charge in [-0.1, -0.05) is 29.8 Å². The summed E-state index contributed by atoms with van der Waals surface area (Å²) in [4.78, 5) is 6.46. The van der Waals surface area contributed by atoms with E-state index in [9.17, 15) is 8.42 Å². The maximum absolute atomic E-state index is 12.0. The number of furan rings is 1.